The molecule has 0 radical (unpaired) electrons. The van der Waals surface area contributed by atoms with Crippen LogP contribution in [0.3, 0.4) is 0 Å². The first-order valence-corrected chi connectivity index (χ1v) is 7.92. The van der Waals surface area contributed by atoms with E-state index in [0.717, 1.165) is 10.0 Å². The zero-order valence-corrected chi connectivity index (χ0v) is 14.1. The molecule has 0 aliphatic carbocycles. The van der Waals surface area contributed by atoms with Crippen LogP contribution in [-0.4, -0.2) is 22.8 Å². The number of nitrogens with zero attached hydrogens (tertiary/aromatic N) is 2. The van der Waals surface area contributed by atoms with Crippen molar-refractivity contribution in [3.05, 3.63) is 65.0 Å². The summed E-state index contributed by atoms with van der Waals surface area (Å²) in [6.07, 6.45) is 0. The third-order valence-electron chi connectivity index (χ3n) is 3.03. The number of benzene rings is 2. The van der Waals surface area contributed by atoms with E-state index in [1.54, 1.807) is 12.1 Å². The molecule has 3 aromatic rings. The van der Waals surface area contributed by atoms with E-state index in [1.807, 2.05) is 42.5 Å². The van der Waals surface area contributed by atoms with E-state index in [9.17, 15) is 4.79 Å². The van der Waals surface area contributed by atoms with Crippen LogP contribution in [-0.2, 0) is 16.1 Å². The van der Waals surface area contributed by atoms with Crippen LogP contribution in [0.25, 0.3) is 11.5 Å². The maximum Gasteiger partial charge on any atom is 0.344 e. The minimum atomic E-state index is -0.514. The second-order valence-electron chi connectivity index (χ2n) is 4.74. The quantitative estimate of drug-likeness (QED) is 0.600. The Labute approximate surface area is 146 Å². The fourth-order valence-corrected chi connectivity index (χ4v) is 2.35. The van der Waals surface area contributed by atoms with Crippen LogP contribution < -0.4 is 4.74 Å². The predicted molar refractivity (Wildman–Crippen MR) is 89.2 cm³/mol. The third kappa shape index (κ3) is 4.20. The molecule has 122 valence electrons. The van der Waals surface area contributed by atoms with Gasteiger partial charge in [0.05, 0.1) is 5.56 Å². The predicted octanol–water partition coefficient (Wildman–Crippen LogP) is 3.62. The van der Waals surface area contributed by atoms with E-state index in [2.05, 4.69) is 26.1 Å². The van der Waals surface area contributed by atoms with Gasteiger partial charge in [-0.25, -0.2) is 4.79 Å². The first kappa shape index (κ1) is 16.2. The van der Waals surface area contributed by atoms with Crippen LogP contribution in [0.15, 0.2) is 63.5 Å². The van der Waals surface area contributed by atoms with E-state index < -0.39 is 5.97 Å². The zero-order chi connectivity index (χ0) is 16.8. The lowest BCUT2D eigenvalue weighted by Crippen LogP contribution is -2.14. The first-order chi connectivity index (χ1) is 11.7. The minimum Gasteiger partial charge on any atom is -0.482 e. The number of hydrogen-bond acceptors (Lipinski definition) is 6. The summed E-state index contributed by atoms with van der Waals surface area (Å²) in [5, 5.41) is 7.82. The number of esters is 1. The number of rotatable bonds is 6. The molecule has 0 fully saturated rings. The van der Waals surface area contributed by atoms with Gasteiger partial charge < -0.3 is 13.9 Å². The van der Waals surface area contributed by atoms with E-state index in [-0.39, 0.29) is 19.1 Å². The van der Waals surface area contributed by atoms with Crippen molar-refractivity contribution in [2.45, 2.75) is 6.61 Å². The van der Waals surface area contributed by atoms with Gasteiger partial charge >= 0.3 is 5.97 Å². The van der Waals surface area contributed by atoms with Crippen molar-refractivity contribution in [1.82, 2.24) is 10.2 Å². The Bertz CT molecular complexity index is 820. The van der Waals surface area contributed by atoms with Crippen molar-refractivity contribution in [3.63, 3.8) is 0 Å². The number of aromatic nitrogens is 2. The van der Waals surface area contributed by atoms with Gasteiger partial charge in [-0.05, 0) is 40.2 Å². The Balaban J connectivity index is 1.52. The normalized spacial score (nSPS) is 10.4. The molecular weight excluding hydrogens is 376 g/mol. The highest BCUT2D eigenvalue weighted by atomic mass is 79.9. The summed E-state index contributed by atoms with van der Waals surface area (Å²) < 4.78 is 16.7. The molecule has 1 heterocycles. The van der Waals surface area contributed by atoms with Gasteiger partial charge in [-0.3, -0.25) is 0 Å². The number of carbonyl (C=O) groups is 1. The molecule has 7 heteroatoms. The van der Waals surface area contributed by atoms with Gasteiger partial charge in [0, 0.05) is 4.47 Å². The molecule has 0 aliphatic heterocycles. The molecule has 0 N–H and O–H groups in total. The molecule has 2 aromatic carbocycles. The third-order valence-corrected chi connectivity index (χ3v) is 3.72. The molecule has 3 rings (SSSR count). The number of halogens is 1. The fraction of sp³-hybridized carbons (Fsp3) is 0.118. The Morgan fingerprint density at radius 1 is 1.04 bits per heavy atom. The van der Waals surface area contributed by atoms with Crippen molar-refractivity contribution in [3.8, 4) is 17.2 Å². The highest BCUT2D eigenvalue weighted by molar-refractivity contribution is 9.10. The van der Waals surface area contributed by atoms with Gasteiger partial charge in [0.1, 0.15) is 5.75 Å². The highest BCUT2D eigenvalue weighted by Crippen LogP contribution is 2.26. The maximum absolute atomic E-state index is 11.7. The average Bonchev–Trinajstić information content (AvgIpc) is 3.08. The smallest absolute Gasteiger partial charge is 0.344 e. The van der Waals surface area contributed by atoms with Crippen LogP contribution in [0.4, 0.5) is 0 Å². The second kappa shape index (κ2) is 7.74. The number of carbonyl (C=O) groups excluding carboxylic acids is 1. The van der Waals surface area contributed by atoms with E-state index in [1.165, 1.54) is 0 Å². The molecule has 0 unspecified atom stereocenters. The SMILES string of the molecule is O=C(COc1ccccc1)OCc1nnc(-c2ccccc2Br)o1. The van der Waals surface area contributed by atoms with E-state index in [4.69, 9.17) is 13.9 Å². The molecule has 0 atom stereocenters. The summed E-state index contributed by atoms with van der Waals surface area (Å²) in [5.74, 6) is 0.658. The lowest BCUT2D eigenvalue weighted by Gasteiger charge is -2.05. The molecule has 0 aliphatic rings. The van der Waals surface area contributed by atoms with Gasteiger partial charge in [-0.2, -0.15) is 0 Å². The monoisotopic (exact) mass is 388 g/mol. The zero-order valence-electron chi connectivity index (χ0n) is 12.5. The summed E-state index contributed by atoms with van der Waals surface area (Å²) in [6.45, 7) is -0.288. The summed E-state index contributed by atoms with van der Waals surface area (Å²) in [6, 6.07) is 16.5. The van der Waals surface area contributed by atoms with Gasteiger partial charge in [0.2, 0.25) is 5.89 Å². The summed E-state index contributed by atoms with van der Waals surface area (Å²) in [7, 11) is 0. The minimum absolute atomic E-state index is 0.103. The Morgan fingerprint density at radius 3 is 2.58 bits per heavy atom. The van der Waals surface area contributed by atoms with Crippen LogP contribution in [0.5, 0.6) is 5.75 Å². The highest BCUT2D eigenvalue weighted by Gasteiger charge is 2.13. The molecule has 6 nitrogen and oxygen atoms in total. The van der Waals surface area contributed by atoms with Crippen LogP contribution >= 0.6 is 15.9 Å². The van der Waals surface area contributed by atoms with Gasteiger partial charge in [-0.1, -0.05) is 30.3 Å². The molecule has 0 bridgehead atoms. The lowest BCUT2D eigenvalue weighted by atomic mass is 10.2. The average molecular weight is 389 g/mol. The summed E-state index contributed by atoms with van der Waals surface area (Å²) >= 11 is 3.42. The largest absolute Gasteiger partial charge is 0.482 e. The van der Waals surface area contributed by atoms with E-state index >= 15 is 0 Å². The molecule has 0 spiro atoms. The van der Waals surface area contributed by atoms with E-state index in [0.29, 0.717) is 11.6 Å². The second-order valence-corrected chi connectivity index (χ2v) is 5.60. The number of ether oxygens (including phenoxy) is 2. The Hall–Kier alpha value is -2.67. The Kier molecular flexibility index (Phi) is 5.22. The maximum atomic E-state index is 11.7. The lowest BCUT2D eigenvalue weighted by molar-refractivity contribution is -0.148. The standard InChI is InChI=1S/C17H13BrN2O4/c18-14-9-5-4-8-13(14)17-20-19-15(24-17)10-23-16(21)11-22-12-6-2-1-3-7-12/h1-9H,10-11H2. The van der Waals surface area contributed by atoms with Gasteiger partial charge in [0.15, 0.2) is 13.2 Å². The summed E-state index contributed by atoms with van der Waals surface area (Å²) in [4.78, 5) is 11.7. The Morgan fingerprint density at radius 2 is 1.79 bits per heavy atom. The van der Waals surface area contributed by atoms with Crippen molar-refractivity contribution in [1.29, 1.82) is 0 Å². The van der Waals surface area contributed by atoms with Crippen LogP contribution in [0.2, 0.25) is 0 Å². The van der Waals surface area contributed by atoms with Crippen molar-refractivity contribution < 1.29 is 18.7 Å². The molecule has 1 aromatic heterocycles. The first-order valence-electron chi connectivity index (χ1n) is 7.13. The van der Waals surface area contributed by atoms with Crippen molar-refractivity contribution in [2.75, 3.05) is 6.61 Å². The van der Waals surface area contributed by atoms with Crippen molar-refractivity contribution in [2.24, 2.45) is 0 Å². The molecule has 0 saturated carbocycles. The molecule has 24 heavy (non-hydrogen) atoms. The van der Waals surface area contributed by atoms with Crippen molar-refractivity contribution >= 4 is 21.9 Å². The molecule has 0 amide bonds. The number of hydrogen-bond donors (Lipinski definition) is 0. The number of para-hydroxylation sites is 1. The van der Waals surface area contributed by atoms with Gasteiger partial charge in [0.25, 0.3) is 5.89 Å². The van der Waals surface area contributed by atoms with Crippen LogP contribution in [0, 0.1) is 0 Å². The topological polar surface area (TPSA) is 74.5 Å². The molecule has 0 saturated heterocycles. The fourth-order valence-electron chi connectivity index (χ4n) is 1.90. The van der Waals surface area contributed by atoms with Gasteiger partial charge in [-0.15, -0.1) is 10.2 Å². The summed E-state index contributed by atoms with van der Waals surface area (Å²) in [5.41, 5.74) is 0.773. The molecular formula is C17H13BrN2O4. The van der Waals surface area contributed by atoms with Crippen LogP contribution in [0.1, 0.15) is 5.89 Å².